The molecule has 0 fully saturated rings. The number of benzene rings is 2. The van der Waals surface area contributed by atoms with Crippen molar-refractivity contribution in [3.8, 4) is 11.9 Å². The lowest BCUT2D eigenvalue weighted by Crippen LogP contribution is -2.36. The van der Waals surface area contributed by atoms with E-state index in [1.807, 2.05) is 16.7 Å². The minimum atomic E-state index is -4.49. The van der Waals surface area contributed by atoms with Gasteiger partial charge in [-0.1, -0.05) is 30.3 Å². The molecule has 0 amide bonds. The van der Waals surface area contributed by atoms with Gasteiger partial charge >= 0.3 is 6.18 Å². The summed E-state index contributed by atoms with van der Waals surface area (Å²) in [6.07, 6.45) is 0.968. The summed E-state index contributed by atoms with van der Waals surface area (Å²) in [7, 11) is 1.51. The largest absolute Gasteiger partial charge is 0.481 e. The monoisotopic (exact) mass is 586 g/mol. The average Bonchev–Trinajstić information content (AvgIpc) is 3.38. The number of nitriles is 1. The summed E-state index contributed by atoms with van der Waals surface area (Å²) in [5.41, 5.74) is 2.46. The first-order chi connectivity index (χ1) is 18.8. The highest BCUT2D eigenvalue weighted by molar-refractivity contribution is 7.80. The number of pyridine rings is 1. The number of ether oxygens (including phenoxy) is 1. The van der Waals surface area contributed by atoms with Crippen molar-refractivity contribution in [3.05, 3.63) is 107 Å². The minimum absolute atomic E-state index is 0. The van der Waals surface area contributed by atoms with Crippen molar-refractivity contribution in [2.45, 2.75) is 25.7 Å². The van der Waals surface area contributed by atoms with Gasteiger partial charge in [0, 0.05) is 44.0 Å². The Morgan fingerprint density at radius 1 is 1.10 bits per heavy atom. The van der Waals surface area contributed by atoms with E-state index < -0.39 is 11.7 Å². The fourth-order valence-corrected chi connectivity index (χ4v) is 4.27. The second kappa shape index (κ2) is 13.8. The van der Waals surface area contributed by atoms with Gasteiger partial charge in [-0.3, -0.25) is 0 Å². The number of rotatable bonds is 9. The van der Waals surface area contributed by atoms with Crippen molar-refractivity contribution in [1.82, 2.24) is 19.4 Å². The van der Waals surface area contributed by atoms with Gasteiger partial charge in [-0.2, -0.15) is 18.4 Å². The Morgan fingerprint density at radius 2 is 1.85 bits per heavy atom. The number of hydrogen-bond donors (Lipinski definition) is 1. The molecule has 0 spiro atoms. The van der Waals surface area contributed by atoms with E-state index in [9.17, 15) is 13.2 Å². The molecular formula is C28H26ClF3N6OS. The highest BCUT2D eigenvalue weighted by atomic mass is 35.5. The van der Waals surface area contributed by atoms with E-state index >= 15 is 0 Å². The highest BCUT2D eigenvalue weighted by Crippen LogP contribution is 2.32. The standard InChI is InChI=1S/C28H25F3N6OS.ClH/c1-38-26-11-10-23(15-34-26)35-27(39)36(18-22-4-2-3-5-25(22)28(29,30)31)13-12-24-16-33-19-37(24)17-21-8-6-20(14-32)7-9-21;/h2-11,15-16,19H,12-13,17-18H2,1H3,(H,35,39);1H. The van der Waals surface area contributed by atoms with Crippen LogP contribution in [0.4, 0.5) is 18.9 Å². The van der Waals surface area contributed by atoms with E-state index in [0.717, 1.165) is 17.3 Å². The lowest BCUT2D eigenvalue weighted by Gasteiger charge is -2.27. The number of nitrogens with one attached hydrogen (secondary N) is 1. The molecule has 0 bridgehead atoms. The lowest BCUT2D eigenvalue weighted by molar-refractivity contribution is -0.138. The Hall–Kier alpha value is -4.14. The summed E-state index contributed by atoms with van der Waals surface area (Å²) >= 11 is 5.64. The number of anilines is 1. The Kier molecular flexibility index (Phi) is 10.5. The SMILES string of the molecule is COc1ccc(NC(=S)N(CCc2cncn2Cc2ccc(C#N)cc2)Cc2ccccc2C(F)(F)F)cn1.Cl. The quantitative estimate of drug-likeness (QED) is 0.238. The van der Waals surface area contributed by atoms with Crippen LogP contribution < -0.4 is 10.1 Å². The number of aromatic nitrogens is 3. The minimum Gasteiger partial charge on any atom is -0.481 e. The molecule has 0 aliphatic carbocycles. The van der Waals surface area contributed by atoms with Crippen LogP contribution in [0, 0.1) is 11.3 Å². The Labute approximate surface area is 241 Å². The summed E-state index contributed by atoms with van der Waals surface area (Å²) in [6.45, 7) is 0.827. The highest BCUT2D eigenvalue weighted by Gasteiger charge is 2.33. The molecular weight excluding hydrogens is 561 g/mol. The topological polar surface area (TPSA) is 79.0 Å². The number of imidazole rings is 1. The van der Waals surface area contributed by atoms with Crippen LogP contribution >= 0.6 is 24.6 Å². The zero-order valence-electron chi connectivity index (χ0n) is 21.4. The van der Waals surface area contributed by atoms with Crippen molar-refractivity contribution < 1.29 is 17.9 Å². The van der Waals surface area contributed by atoms with Gasteiger partial charge in [-0.15, -0.1) is 12.4 Å². The molecule has 40 heavy (non-hydrogen) atoms. The third-order valence-electron chi connectivity index (χ3n) is 6.04. The fourth-order valence-electron chi connectivity index (χ4n) is 4.00. The molecule has 4 rings (SSSR count). The normalized spacial score (nSPS) is 10.8. The molecule has 1 N–H and O–H groups in total. The maximum atomic E-state index is 13.7. The molecule has 0 saturated heterocycles. The van der Waals surface area contributed by atoms with Crippen LogP contribution in [0.3, 0.4) is 0 Å². The molecule has 0 aliphatic heterocycles. The van der Waals surface area contributed by atoms with E-state index in [-0.39, 0.29) is 29.6 Å². The van der Waals surface area contributed by atoms with Crippen molar-refractivity contribution in [2.24, 2.45) is 0 Å². The smallest absolute Gasteiger partial charge is 0.416 e. The Bertz CT molecular complexity index is 1450. The first-order valence-corrected chi connectivity index (χ1v) is 12.4. The third-order valence-corrected chi connectivity index (χ3v) is 6.40. The molecule has 2 aromatic heterocycles. The van der Waals surface area contributed by atoms with Gasteiger partial charge in [0.1, 0.15) is 0 Å². The maximum absolute atomic E-state index is 13.7. The van der Waals surface area contributed by atoms with E-state index in [1.165, 1.54) is 19.2 Å². The molecule has 2 heterocycles. The summed E-state index contributed by atoms with van der Waals surface area (Å²) in [4.78, 5) is 10.1. The first kappa shape index (κ1) is 30.4. The predicted octanol–water partition coefficient (Wildman–Crippen LogP) is 6.09. The second-order valence-electron chi connectivity index (χ2n) is 8.67. The number of thiocarbonyl (C=S) groups is 1. The van der Waals surface area contributed by atoms with Gasteiger partial charge in [-0.25, -0.2) is 9.97 Å². The number of methoxy groups -OCH3 is 1. The van der Waals surface area contributed by atoms with E-state index in [0.29, 0.717) is 36.6 Å². The van der Waals surface area contributed by atoms with Gasteiger partial charge in [0.05, 0.1) is 42.5 Å². The molecule has 4 aromatic rings. The van der Waals surface area contributed by atoms with Gasteiger partial charge in [0.25, 0.3) is 0 Å². The van der Waals surface area contributed by atoms with Crippen molar-refractivity contribution in [3.63, 3.8) is 0 Å². The number of alkyl halides is 3. The zero-order chi connectivity index (χ0) is 27.8. The Morgan fingerprint density at radius 3 is 2.50 bits per heavy atom. The number of halogens is 4. The van der Waals surface area contributed by atoms with Crippen LogP contribution in [0.25, 0.3) is 0 Å². The lowest BCUT2D eigenvalue weighted by atomic mass is 10.1. The van der Waals surface area contributed by atoms with Gasteiger partial charge in [-0.05, 0) is 47.6 Å². The second-order valence-corrected chi connectivity index (χ2v) is 9.05. The van der Waals surface area contributed by atoms with Crippen LogP contribution in [0.1, 0.15) is 27.9 Å². The summed E-state index contributed by atoms with van der Waals surface area (Å²) in [5, 5.41) is 12.4. The van der Waals surface area contributed by atoms with Gasteiger partial charge < -0.3 is 19.5 Å². The number of hydrogen-bond acceptors (Lipinski definition) is 5. The van der Waals surface area contributed by atoms with Crippen molar-refractivity contribution in [1.29, 1.82) is 5.26 Å². The third kappa shape index (κ3) is 7.94. The molecule has 0 atom stereocenters. The average molecular weight is 587 g/mol. The molecule has 208 valence electrons. The van der Waals surface area contributed by atoms with Gasteiger partial charge in [0.2, 0.25) is 5.88 Å². The molecule has 0 radical (unpaired) electrons. The van der Waals surface area contributed by atoms with Crippen LogP contribution in [0.5, 0.6) is 5.88 Å². The van der Waals surface area contributed by atoms with E-state index in [1.54, 1.807) is 54.0 Å². The molecule has 0 unspecified atom stereocenters. The van der Waals surface area contributed by atoms with Crippen LogP contribution in [0.15, 0.2) is 79.4 Å². The van der Waals surface area contributed by atoms with Crippen LogP contribution in [-0.2, 0) is 25.7 Å². The summed E-state index contributed by atoms with van der Waals surface area (Å²) < 4.78 is 48.2. The first-order valence-electron chi connectivity index (χ1n) is 12.0. The fraction of sp³-hybridized carbons (Fsp3) is 0.214. The molecule has 2 aromatic carbocycles. The molecule has 0 saturated carbocycles. The van der Waals surface area contributed by atoms with Gasteiger partial charge in [0.15, 0.2) is 5.11 Å². The maximum Gasteiger partial charge on any atom is 0.416 e. The molecule has 7 nitrogen and oxygen atoms in total. The summed E-state index contributed by atoms with van der Waals surface area (Å²) in [5.74, 6) is 0.429. The van der Waals surface area contributed by atoms with E-state index in [4.69, 9.17) is 22.2 Å². The van der Waals surface area contributed by atoms with E-state index in [2.05, 4.69) is 21.4 Å². The zero-order valence-corrected chi connectivity index (χ0v) is 23.1. The summed E-state index contributed by atoms with van der Waals surface area (Å²) in [6, 6.07) is 18.2. The predicted molar refractivity (Wildman–Crippen MR) is 152 cm³/mol. The Balaban J connectivity index is 0.00000441. The number of nitrogens with zero attached hydrogens (tertiary/aromatic N) is 5. The molecule has 12 heteroatoms. The van der Waals surface area contributed by atoms with Crippen LogP contribution in [0.2, 0.25) is 0 Å². The molecule has 0 aliphatic rings. The van der Waals surface area contributed by atoms with Crippen molar-refractivity contribution in [2.75, 3.05) is 19.0 Å². The van der Waals surface area contributed by atoms with Crippen molar-refractivity contribution >= 4 is 35.4 Å². The van der Waals surface area contributed by atoms with Crippen LogP contribution in [-0.4, -0.2) is 38.2 Å².